The van der Waals surface area contributed by atoms with Gasteiger partial charge in [-0.1, -0.05) is 6.08 Å². The van der Waals surface area contributed by atoms with Crippen molar-refractivity contribution in [3.05, 3.63) is 48.7 Å². The van der Waals surface area contributed by atoms with E-state index in [0.717, 1.165) is 36.0 Å². The molecule has 4 heterocycles. The maximum Gasteiger partial charge on any atom is 0.131 e. The molecule has 0 saturated carbocycles. The van der Waals surface area contributed by atoms with Crippen LogP contribution in [-0.4, -0.2) is 34.3 Å². The van der Waals surface area contributed by atoms with Crippen molar-refractivity contribution in [1.29, 1.82) is 0 Å². The third kappa shape index (κ3) is 2.42. The number of quaternary nitrogens is 1. The van der Waals surface area contributed by atoms with Crippen molar-refractivity contribution >= 4 is 10.9 Å². The summed E-state index contributed by atoms with van der Waals surface area (Å²) < 4.78 is 0. The number of hydrogen-bond donors (Lipinski definition) is 3. The number of pyridine rings is 1. The third-order valence-electron chi connectivity index (χ3n) is 5.78. The molecule has 2 bridgehead atoms. The van der Waals surface area contributed by atoms with Crippen molar-refractivity contribution in [2.75, 3.05) is 13.1 Å². The number of aromatic nitrogens is 1. The number of phenols is 1. The number of aliphatic hydroxyl groups is 1. The van der Waals surface area contributed by atoms with E-state index in [2.05, 4.69) is 17.6 Å². The van der Waals surface area contributed by atoms with Crippen LogP contribution in [0.5, 0.6) is 5.75 Å². The zero-order valence-electron chi connectivity index (χ0n) is 13.2. The maximum atomic E-state index is 11.1. The van der Waals surface area contributed by atoms with Gasteiger partial charge in [-0.15, -0.1) is 6.58 Å². The Hall–Kier alpha value is -1.91. The third-order valence-corrected chi connectivity index (χ3v) is 5.78. The number of nitrogens with one attached hydrogen (secondary N) is 1. The summed E-state index contributed by atoms with van der Waals surface area (Å²) in [5.74, 6) is 1.44. The standard InChI is InChI=1S/C19H22N2O2/c1-2-12-11-21-8-6-13(12)9-18(21)19(23)15-5-7-20-17-4-3-14(22)10-16(15)17/h2-5,7,10,12-13,18-19,22-23H,1,6,8-9,11H2/p+1/t12-,13+,18+,19+/m0/s1. The van der Waals surface area contributed by atoms with E-state index in [9.17, 15) is 10.2 Å². The molecule has 3 saturated heterocycles. The molecule has 2 aromatic rings. The van der Waals surface area contributed by atoms with E-state index < -0.39 is 6.10 Å². The van der Waals surface area contributed by atoms with Gasteiger partial charge in [0.15, 0.2) is 0 Å². The molecule has 23 heavy (non-hydrogen) atoms. The van der Waals surface area contributed by atoms with E-state index in [0.29, 0.717) is 11.8 Å². The number of fused-ring (bicyclic) bond motifs is 4. The van der Waals surface area contributed by atoms with E-state index in [1.165, 1.54) is 11.3 Å². The molecule has 0 aliphatic carbocycles. The van der Waals surface area contributed by atoms with Crippen molar-refractivity contribution in [2.45, 2.75) is 25.0 Å². The summed E-state index contributed by atoms with van der Waals surface area (Å²) in [7, 11) is 0. The minimum Gasteiger partial charge on any atom is -0.508 e. The van der Waals surface area contributed by atoms with Gasteiger partial charge in [0.2, 0.25) is 0 Å². The first-order valence-corrected chi connectivity index (χ1v) is 8.40. The molecule has 1 aromatic carbocycles. The highest BCUT2D eigenvalue weighted by molar-refractivity contribution is 5.83. The molecule has 3 N–H and O–H groups in total. The first kappa shape index (κ1) is 14.7. The molecule has 0 radical (unpaired) electrons. The smallest absolute Gasteiger partial charge is 0.131 e. The molecular formula is C19H23N2O2+. The van der Waals surface area contributed by atoms with Gasteiger partial charge in [0, 0.05) is 30.3 Å². The molecule has 4 nitrogen and oxygen atoms in total. The number of nitrogens with zero attached hydrogens (tertiary/aromatic N) is 1. The van der Waals surface area contributed by atoms with Crippen molar-refractivity contribution in [3.63, 3.8) is 0 Å². The van der Waals surface area contributed by atoms with Crippen molar-refractivity contribution in [1.82, 2.24) is 4.98 Å². The summed E-state index contributed by atoms with van der Waals surface area (Å²) in [5.41, 5.74) is 1.69. The summed E-state index contributed by atoms with van der Waals surface area (Å²) >= 11 is 0. The second-order valence-corrected chi connectivity index (χ2v) is 6.95. The van der Waals surface area contributed by atoms with Crippen LogP contribution in [0.1, 0.15) is 24.5 Å². The number of benzene rings is 1. The fourth-order valence-electron chi connectivity index (χ4n) is 4.54. The summed E-state index contributed by atoms with van der Waals surface area (Å²) in [4.78, 5) is 5.82. The Morgan fingerprint density at radius 1 is 1.35 bits per heavy atom. The zero-order valence-corrected chi connectivity index (χ0v) is 13.2. The highest BCUT2D eigenvalue weighted by Crippen LogP contribution is 2.34. The SMILES string of the molecule is C=C[C@H]1C[NH+]2CC[C@@H]1C[C@@H]2[C@H](O)c1ccnc2ccc(O)cc12. The molecule has 120 valence electrons. The quantitative estimate of drug-likeness (QED) is 0.752. The number of aromatic hydroxyl groups is 1. The minimum atomic E-state index is -0.522. The molecular weight excluding hydrogens is 288 g/mol. The van der Waals surface area contributed by atoms with Crippen LogP contribution >= 0.6 is 0 Å². The summed E-state index contributed by atoms with van der Waals surface area (Å²) in [6.07, 6.45) is 5.58. The highest BCUT2D eigenvalue weighted by atomic mass is 16.3. The second kappa shape index (κ2) is 5.62. The van der Waals surface area contributed by atoms with Gasteiger partial charge in [0.05, 0.1) is 18.6 Å². The Balaban J connectivity index is 1.69. The number of phenolic OH excluding ortho intramolecular Hbond substituents is 1. The van der Waals surface area contributed by atoms with Crippen LogP contribution in [0.4, 0.5) is 0 Å². The topological polar surface area (TPSA) is 57.8 Å². The van der Waals surface area contributed by atoms with Crippen LogP contribution in [-0.2, 0) is 0 Å². The predicted octanol–water partition coefficient (Wildman–Crippen LogP) is 1.45. The molecule has 5 rings (SSSR count). The predicted molar refractivity (Wildman–Crippen MR) is 89.3 cm³/mol. The Labute approximate surface area is 136 Å². The molecule has 3 fully saturated rings. The summed E-state index contributed by atoms with van der Waals surface area (Å²) in [6.45, 7) is 6.17. The van der Waals surface area contributed by atoms with Gasteiger partial charge in [-0.3, -0.25) is 4.98 Å². The number of rotatable bonds is 3. The normalized spacial score (nSPS) is 31.2. The van der Waals surface area contributed by atoms with E-state index in [1.807, 2.05) is 6.07 Å². The van der Waals surface area contributed by atoms with Gasteiger partial charge in [-0.05, 0) is 35.7 Å². The largest absolute Gasteiger partial charge is 0.508 e. The minimum absolute atomic E-state index is 0.212. The van der Waals surface area contributed by atoms with Gasteiger partial charge in [-0.2, -0.15) is 0 Å². The Morgan fingerprint density at radius 3 is 2.96 bits per heavy atom. The molecule has 0 spiro atoms. The van der Waals surface area contributed by atoms with E-state index in [-0.39, 0.29) is 11.8 Å². The average molecular weight is 311 g/mol. The van der Waals surface area contributed by atoms with E-state index in [4.69, 9.17) is 0 Å². The molecule has 1 aromatic heterocycles. The van der Waals surface area contributed by atoms with Gasteiger partial charge < -0.3 is 15.1 Å². The van der Waals surface area contributed by atoms with Crippen LogP contribution in [0.2, 0.25) is 0 Å². The van der Waals surface area contributed by atoms with Crippen LogP contribution in [0.3, 0.4) is 0 Å². The number of piperidine rings is 3. The first-order chi connectivity index (χ1) is 11.2. The first-order valence-electron chi connectivity index (χ1n) is 8.40. The van der Waals surface area contributed by atoms with Crippen molar-refractivity contribution in [3.8, 4) is 5.75 Å². The lowest BCUT2D eigenvalue weighted by molar-refractivity contribution is -0.949. The molecule has 4 heteroatoms. The highest BCUT2D eigenvalue weighted by Gasteiger charge is 2.45. The Morgan fingerprint density at radius 2 is 2.22 bits per heavy atom. The van der Waals surface area contributed by atoms with Gasteiger partial charge >= 0.3 is 0 Å². The van der Waals surface area contributed by atoms with Crippen LogP contribution in [0, 0.1) is 11.8 Å². The van der Waals surface area contributed by atoms with E-state index >= 15 is 0 Å². The lowest BCUT2D eigenvalue weighted by Crippen LogP contribution is -3.20. The lowest BCUT2D eigenvalue weighted by Gasteiger charge is -2.47. The number of aliphatic hydroxyl groups excluding tert-OH is 1. The number of hydrogen-bond acceptors (Lipinski definition) is 3. The second-order valence-electron chi connectivity index (χ2n) is 6.95. The van der Waals surface area contributed by atoms with Crippen LogP contribution in [0.25, 0.3) is 10.9 Å². The summed E-state index contributed by atoms with van der Waals surface area (Å²) in [5, 5.41) is 21.7. The van der Waals surface area contributed by atoms with Crippen molar-refractivity contribution in [2.24, 2.45) is 11.8 Å². The van der Waals surface area contributed by atoms with Crippen LogP contribution < -0.4 is 4.90 Å². The Kier molecular flexibility index (Phi) is 3.58. The molecule has 3 aliphatic heterocycles. The zero-order chi connectivity index (χ0) is 16.0. The van der Waals surface area contributed by atoms with Gasteiger partial charge in [0.1, 0.15) is 17.9 Å². The van der Waals surface area contributed by atoms with E-state index in [1.54, 1.807) is 24.4 Å². The molecule has 5 atom stereocenters. The summed E-state index contributed by atoms with van der Waals surface area (Å²) in [6, 6.07) is 7.25. The molecule has 1 unspecified atom stereocenters. The fourth-order valence-corrected chi connectivity index (χ4v) is 4.54. The van der Waals surface area contributed by atoms with Crippen molar-refractivity contribution < 1.29 is 15.1 Å². The van der Waals surface area contributed by atoms with Crippen LogP contribution in [0.15, 0.2) is 43.1 Å². The monoisotopic (exact) mass is 311 g/mol. The van der Waals surface area contributed by atoms with Gasteiger partial charge in [0.25, 0.3) is 0 Å². The van der Waals surface area contributed by atoms with Gasteiger partial charge in [-0.25, -0.2) is 0 Å². The molecule has 3 aliphatic rings. The Bertz CT molecular complexity index is 745. The fraction of sp³-hybridized carbons (Fsp3) is 0.421. The maximum absolute atomic E-state index is 11.1. The average Bonchev–Trinajstić information content (AvgIpc) is 2.60. The molecule has 0 amide bonds. The lowest BCUT2D eigenvalue weighted by atomic mass is 9.73.